The van der Waals surface area contributed by atoms with Gasteiger partial charge in [-0.1, -0.05) is 18.2 Å². The molecule has 114 valence electrons. The van der Waals surface area contributed by atoms with Gasteiger partial charge in [0.05, 0.1) is 23.2 Å². The lowest BCUT2D eigenvalue weighted by molar-refractivity contribution is 0.0420. The Balaban J connectivity index is 1.43. The zero-order valence-corrected chi connectivity index (χ0v) is 11.9. The van der Waals surface area contributed by atoms with Crippen LogP contribution in [-0.2, 0) is 4.74 Å². The summed E-state index contributed by atoms with van der Waals surface area (Å²) in [7, 11) is 0. The van der Waals surface area contributed by atoms with E-state index < -0.39 is 17.8 Å². The minimum Gasteiger partial charge on any atom is -0.460 e. The smallest absolute Gasteiger partial charge is 0.338 e. The van der Waals surface area contributed by atoms with E-state index in [1.165, 1.54) is 0 Å². The number of esters is 1. The molecule has 23 heavy (non-hydrogen) atoms. The third kappa shape index (κ3) is 1.99. The van der Waals surface area contributed by atoms with Gasteiger partial charge in [-0.2, -0.15) is 0 Å². The highest BCUT2D eigenvalue weighted by atomic mass is 16.5. The second kappa shape index (κ2) is 4.95. The molecule has 0 unspecified atom stereocenters. The molecule has 3 heterocycles. The lowest BCUT2D eigenvalue weighted by atomic mass is 10.1. The summed E-state index contributed by atoms with van der Waals surface area (Å²) in [6, 6.07) is 11.9. The van der Waals surface area contributed by atoms with E-state index in [0.29, 0.717) is 27.9 Å². The lowest BCUT2D eigenvalue weighted by Crippen LogP contribution is -2.33. The van der Waals surface area contributed by atoms with E-state index in [1.54, 1.807) is 42.5 Å². The molecule has 2 amide bonds. The average Bonchev–Trinajstić information content (AvgIpc) is 3.25. The predicted molar refractivity (Wildman–Crippen MR) is 79.5 cm³/mol. The van der Waals surface area contributed by atoms with Crippen molar-refractivity contribution < 1.29 is 23.5 Å². The largest absolute Gasteiger partial charge is 0.460 e. The van der Waals surface area contributed by atoms with E-state index in [4.69, 9.17) is 9.15 Å². The molecular formula is C17H11NO5. The van der Waals surface area contributed by atoms with Crippen molar-refractivity contribution >= 4 is 28.9 Å². The van der Waals surface area contributed by atoms with Gasteiger partial charge in [0, 0.05) is 0 Å². The number of furan rings is 2. The van der Waals surface area contributed by atoms with Gasteiger partial charge in [0.15, 0.2) is 0 Å². The summed E-state index contributed by atoms with van der Waals surface area (Å²) >= 11 is 0. The van der Waals surface area contributed by atoms with Crippen molar-refractivity contribution in [2.24, 2.45) is 0 Å². The second-order valence-electron chi connectivity index (χ2n) is 5.18. The molecule has 2 bridgehead atoms. The summed E-state index contributed by atoms with van der Waals surface area (Å²) in [6.07, 6.45) is 0. The molecule has 6 nitrogen and oxygen atoms in total. The van der Waals surface area contributed by atoms with E-state index in [9.17, 15) is 14.4 Å². The third-order valence-corrected chi connectivity index (χ3v) is 3.82. The Morgan fingerprint density at radius 1 is 0.957 bits per heavy atom. The number of carbonyl (C=O) groups is 3. The Morgan fingerprint density at radius 2 is 1.57 bits per heavy atom. The van der Waals surface area contributed by atoms with Crippen LogP contribution in [0.25, 0.3) is 11.2 Å². The number of carbonyl (C=O) groups excluding carboxylic acids is 3. The molecule has 0 spiro atoms. The van der Waals surface area contributed by atoms with Gasteiger partial charge >= 0.3 is 5.97 Å². The van der Waals surface area contributed by atoms with Crippen LogP contribution < -0.4 is 0 Å². The molecule has 0 saturated carbocycles. The molecule has 0 radical (unpaired) electrons. The molecule has 0 fully saturated rings. The Hall–Kier alpha value is -3.15. The van der Waals surface area contributed by atoms with E-state index in [0.717, 1.165) is 4.90 Å². The zero-order chi connectivity index (χ0) is 16.0. The van der Waals surface area contributed by atoms with Crippen LogP contribution >= 0.6 is 0 Å². The maximum absolute atomic E-state index is 12.3. The van der Waals surface area contributed by atoms with Crippen molar-refractivity contribution in [2.45, 2.75) is 0 Å². The van der Waals surface area contributed by atoms with Crippen molar-refractivity contribution in [2.75, 3.05) is 13.2 Å². The molecule has 2 aromatic heterocycles. The number of hydrogen-bond acceptors (Lipinski definition) is 5. The number of hydrogen-bond donors (Lipinski definition) is 0. The Bertz CT molecular complexity index is 867. The minimum absolute atomic E-state index is 0.0177. The van der Waals surface area contributed by atoms with E-state index in [2.05, 4.69) is 0 Å². The van der Waals surface area contributed by atoms with Crippen LogP contribution in [0.15, 0.2) is 46.9 Å². The van der Waals surface area contributed by atoms with Gasteiger partial charge in [-0.25, -0.2) is 4.79 Å². The highest BCUT2D eigenvalue weighted by molar-refractivity contribution is 6.27. The van der Waals surface area contributed by atoms with Gasteiger partial charge in [0.2, 0.25) is 0 Å². The molecule has 0 atom stereocenters. The fourth-order valence-corrected chi connectivity index (χ4v) is 2.73. The number of fused-ring (bicyclic) bond motifs is 5. The fourth-order valence-electron chi connectivity index (χ4n) is 2.73. The standard InChI is InChI=1S/C17H11NO5/c19-15-13-11-6-7-12(23-11)14(13)16(20)18(15)8-9-22-17(21)10-4-2-1-3-5-10/h1-7H,8-9H2. The first-order valence-electron chi connectivity index (χ1n) is 7.10. The Kier molecular flexibility index (Phi) is 2.90. The first-order valence-corrected chi connectivity index (χ1v) is 7.10. The maximum atomic E-state index is 12.3. The first kappa shape index (κ1) is 13.5. The molecule has 0 aliphatic carbocycles. The van der Waals surface area contributed by atoms with Crippen molar-refractivity contribution in [3.8, 4) is 0 Å². The van der Waals surface area contributed by atoms with Crippen molar-refractivity contribution in [1.82, 2.24) is 4.90 Å². The quantitative estimate of drug-likeness (QED) is 0.546. The summed E-state index contributed by atoms with van der Waals surface area (Å²) in [5.41, 5.74) is 1.87. The summed E-state index contributed by atoms with van der Waals surface area (Å²) in [5.74, 6) is -1.30. The SMILES string of the molecule is O=C(OCCN1C(=O)c2c(c3ccc2o3)C1=O)c1ccccc1. The number of rotatable bonds is 4. The van der Waals surface area contributed by atoms with Crippen LogP contribution in [0.2, 0.25) is 0 Å². The monoisotopic (exact) mass is 309 g/mol. The van der Waals surface area contributed by atoms with Crippen LogP contribution in [0.1, 0.15) is 31.1 Å². The predicted octanol–water partition coefficient (Wildman–Crippen LogP) is 2.32. The van der Waals surface area contributed by atoms with Gasteiger partial charge in [0.1, 0.15) is 17.8 Å². The fraction of sp³-hybridized carbons (Fsp3) is 0.118. The van der Waals surface area contributed by atoms with Gasteiger partial charge in [-0.05, 0) is 24.3 Å². The van der Waals surface area contributed by atoms with E-state index in [-0.39, 0.29) is 13.2 Å². The number of imide groups is 1. The zero-order valence-electron chi connectivity index (χ0n) is 11.9. The highest BCUT2D eigenvalue weighted by Crippen LogP contribution is 2.35. The normalized spacial score (nSPS) is 13.8. The molecule has 3 aromatic rings. The molecule has 6 heteroatoms. The Labute approximate surface area is 130 Å². The van der Waals surface area contributed by atoms with Crippen molar-refractivity contribution in [1.29, 1.82) is 0 Å². The van der Waals surface area contributed by atoms with Gasteiger partial charge in [-0.3, -0.25) is 14.5 Å². The van der Waals surface area contributed by atoms with Crippen LogP contribution in [0, 0.1) is 0 Å². The maximum Gasteiger partial charge on any atom is 0.338 e. The lowest BCUT2D eigenvalue weighted by Gasteiger charge is -2.14. The van der Waals surface area contributed by atoms with Crippen LogP contribution in [-0.4, -0.2) is 35.8 Å². The van der Waals surface area contributed by atoms with Crippen LogP contribution in [0.5, 0.6) is 0 Å². The Morgan fingerprint density at radius 3 is 2.17 bits per heavy atom. The first-order chi connectivity index (χ1) is 11.2. The third-order valence-electron chi connectivity index (χ3n) is 3.82. The summed E-state index contributed by atoms with van der Waals surface area (Å²) in [6.45, 7) is -0.0332. The van der Waals surface area contributed by atoms with Crippen molar-refractivity contribution in [3.63, 3.8) is 0 Å². The second-order valence-corrected chi connectivity index (χ2v) is 5.18. The molecule has 0 N–H and O–H groups in total. The summed E-state index contributed by atoms with van der Waals surface area (Å²) in [4.78, 5) is 37.5. The number of benzene rings is 2. The summed E-state index contributed by atoms with van der Waals surface area (Å²) in [5, 5.41) is 0. The van der Waals surface area contributed by atoms with Crippen molar-refractivity contribution in [3.05, 3.63) is 59.2 Å². The molecular weight excluding hydrogens is 298 g/mol. The molecule has 1 aliphatic rings. The minimum atomic E-state index is -0.487. The number of amides is 2. The number of ether oxygens (including phenoxy) is 1. The van der Waals surface area contributed by atoms with Crippen LogP contribution in [0.3, 0.4) is 0 Å². The highest BCUT2D eigenvalue weighted by Gasteiger charge is 2.41. The van der Waals surface area contributed by atoms with Gasteiger partial charge in [-0.15, -0.1) is 0 Å². The van der Waals surface area contributed by atoms with E-state index >= 15 is 0 Å². The molecule has 0 saturated heterocycles. The molecule has 4 rings (SSSR count). The van der Waals surface area contributed by atoms with E-state index in [1.807, 2.05) is 0 Å². The number of nitrogens with zero attached hydrogens (tertiary/aromatic N) is 1. The average molecular weight is 309 g/mol. The van der Waals surface area contributed by atoms with Gasteiger partial charge in [0.25, 0.3) is 11.8 Å². The molecule has 1 aliphatic heterocycles. The molecule has 1 aromatic carbocycles. The summed E-state index contributed by atoms with van der Waals surface area (Å²) < 4.78 is 10.4. The van der Waals surface area contributed by atoms with Gasteiger partial charge < -0.3 is 9.15 Å². The van der Waals surface area contributed by atoms with Crippen LogP contribution in [0.4, 0.5) is 0 Å². The topological polar surface area (TPSA) is 76.8 Å².